The second kappa shape index (κ2) is 9.82. The molecule has 0 fully saturated rings. The van der Waals surface area contributed by atoms with Crippen LogP contribution in [0.3, 0.4) is 0 Å². The average molecular weight is 464 g/mol. The largest absolute Gasteiger partial charge is 0.493 e. The number of ether oxygens (including phenoxy) is 3. The van der Waals surface area contributed by atoms with Gasteiger partial charge >= 0.3 is 0 Å². The quantitative estimate of drug-likeness (QED) is 0.585. The van der Waals surface area contributed by atoms with Crippen molar-refractivity contribution in [1.82, 2.24) is 4.90 Å². The first-order valence-electron chi connectivity index (χ1n) is 10.7. The molecule has 8 heteroatoms. The van der Waals surface area contributed by atoms with Gasteiger partial charge in [-0.1, -0.05) is 18.2 Å². The highest BCUT2D eigenvalue weighted by Crippen LogP contribution is 2.34. The number of rotatable bonds is 6. The summed E-state index contributed by atoms with van der Waals surface area (Å²) in [6, 6.07) is 16.1. The minimum absolute atomic E-state index is 0.175. The van der Waals surface area contributed by atoms with Gasteiger partial charge in [-0.15, -0.1) is 0 Å². The normalized spacial score (nSPS) is 15.1. The Morgan fingerprint density at radius 1 is 1.12 bits per heavy atom. The van der Waals surface area contributed by atoms with Crippen molar-refractivity contribution in [2.24, 2.45) is 0 Å². The fourth-order valence-corrected chi connectivity index (χ4v) is 3.93. The van der Waals surface area contributed by atoms with Crippen molar-refractivity contribution in [1.29, 1.82) is 0 Å². The Balaban J connectivity index is 1.60. The summed E-state index contributed by atoms with van der Waals surface area (Å²) in [5, 5.41) is 2.78. The lowest BCUT2D eigenvalue weighted by Gasteiger charge is -2.24. The molecule has 7 nitrogen and oxygen atoms in total. The van der Waals surface area contributed by atoms with E-state index < -0.39 is 17.8 Å². The van der Waals surface area contributed by atoms with E-state index in [1.54, 1.807) is 50.3 Å². The Morgan fingerprint density at radius 2 is 1.91 bits per heavy atom. The molecule has 0 aliphatic carbocycles. The van der Waals surface area contributed by atoms with Crippen LogP contribution in [0.5, 0.6) is 17.2 Å². The number of fused-ring (bicyclic) bond motifs is 1. The van der Waals surface area contributed by atoms with Gasteiger partial charge in [0.05, 0.1) is 14.2 Å². The van der Waals surface area contributed by atoms with Crippen molar-refractivity contribution >= 4 is 17.5 Å². The highest BCUT2D eigenvalue weighted by atomic mass is 19.1. The summed E-state index contributed by atoms with van der Waals surface area (Å²) in [7, 11) is 3.12. The first-order chi connectivity index (χ1) is 16.4. The van der Waals surface area contributed by atoms with E-state index in [9.17, 15) is 14.0 Å². The fourth-order valence-electron chi connectivity index (χ4n) is 3.93. The van der Waals surface area contributed by atoms with Crippen molar-refractivity contribution in [2.75, 3.05) is 19.5 Å². The number of carbonyl (C=O) groups is 2. The molecular formula is C26H25FN2O5. The van der Waals surface area contributed by atoms with Crippen LogP contribution < -0.4 is 19.5 Å². The third kappa shape index (κ3) is 4.80. The van der Waals surface area contributed by atoms with Crippen LogP contribution in [0.25, 0.3) is 0 Å². The van der Waals surface area contributed by atoms with Gasteiger partial charge in [0, 0.05) is 35.5 Å². The molecular weight excluding hydrogens is 439 g/mol. The molecule has 3 aromatic carbocycles. The molecule has 4 rings (SSSR count). The molecule has 0 radical (unpaired) electrons. The summed E-state index contributed by atoms with van der Waals surface area (Å²) in [6.45, 7) is 2.25. The maximum atomic E-state index is 13.5. The van der Waals surface area contributed by atoms with Crippen molar-refractivity contribution in [3.05, 3.63) is 83.2 Å². The maximum absolute atomic E-state index is 13.5. The highest BCUT2D eigenvalue weighted by molar-refractivity contribution is 6.04. The van der Waals surface area contributed by atoms with Crippen LogP contribution in [0.1, 0.15) is 28.4 Å². The molecule has 1 N–H and O–H groups in total. The lowest BCUT2D eigenvalue weighted by atomic mass is 10.1. The number of hydrogen-bond acceptors (Lipinski definition) is 5. The number of hydrogen-bond donors (Lipinski definition) is 1. The predicted molar refractivity (Wildman–Crippen MR) is 125 cm³/mol. The van der Waals surface area contributed by atoms with E-state index in [4.69, 9.17) is 14.2 Å². The molecule has 0 saturated carbocycles. The third-order valence-electron chi connectivity index (χ3n) is 5.58. The fraction of sp³-hybridized carbons (Fsp3) is 0.231. The Kier molecular flexibility index (Phi) is 6.67. The monoisotopic (exact) mass is 464 g/mol. The Morgan fingerprint density at radius 3 is 2.65 bits per heavy atom. The zero-order valence-electron chi connectivity index (χ0n) is 19.1. The summed E-state index contributed by atoms with van der Waals surface area (Å²) in [6.07, 6.45) is -0.689. The number of para-hydroxylation sites is 1. The topological polar surface area (TPSA) is 77.1 Å². The molecule has 0 saturated heterocycles. The second-order valence-electron chi connectivity index (χ2n) is 7.89. The van der Waals surface area contributed by atoms with Crippen LogP contribution in [0, 0.1) is 5.82 Å². The van der Waals surface area contributed by atoms with E-state index in [-0.39, 0.29) is 24.6 Å². The van der Waals surface area contributed by atoms with Gasteiger partial charge in [0.25, 0.3) is 11.8 Å². The van der Waals surface area contributed by atoms with Crippen LogP contribution in [0.15, 0.2) is 60.7 Å². The van der Waals surface area contributed by atoms with Gasteiger partial charge in [-0.25, -0.2) is 4.39 Å². The summed E-state index contributed by atoms with van der Waals surface area (Å²) < 4.78 is 30.3. The van der Waals surface area contributed by atoms with E-state index in [1.807, 2.05) is 12.1 Å². The van der Waals surface area contributed by atoms with Crippen LogP contribution in [0.4, 0.5) is 10.1 Å². The molecule has 2 amide bonds. The minimum Gasteiger partial charge on any atom is -0.493 e. The summed E-state index contributed by atoms with van der Waals surface area (Å²) >= 11 is 0. The second-order valence-corrected chi connectivity index (χ2v) is 7.89. The molecule has 3 aromatic rings. The molecule has 0 unspecified atom stereocenters. The van der Waals surface area contributed by atoms with Gasteiger partial charge in [0.15, 0.2) is 17.6 Å². The molecule has 34 heavy (non-hydrogen) atoms. The van der Waals surface area contributed by atoms with E-state index >= 15 is 0 Å². The van der Waals surface area contributed by atoms with Crippen LogP contribution in [-0.2, 0) is 17.9 Å². The lowest BCUT2D eigenvalue weighted by molar-refractivity contribution is -0.138. The standard InChI is InChI=1S/C26H25FN2O5/c1-16-26(31)29(14-18-7-5-9-23(32-2)24(18)33-3)15-19-13-21(10-11-22(19)34-16)28-25(30)17-6-4-8-20(27)12-17/h4-13,16H,14-15H2,1-3H3,(H,28,30)/t16-/m1/s1. The van der Waals surface area contributed by atoms with Crippen molar-refractivity contribution < 1.29 is 28.2 Å². The Hall–Kier alpha value is -4.07. The number of halogens is 1. The van der Waals surface area contributed by atoms with Crippen LogP contribution >= 0.6 is 0 Å². The zero-order valence-corrected chi connectivity index (χ0v) is 19.1. The van der Waals surface area contributed by atoms with Crippen LogP contribution in [0.2, 0.25) is 0 Å². The smallest absolute Gasteiger partial charge is 0.263 e. The lowest BCUT2D eigenvalue weighted by Crippen LogP contribution is -2.37. The molecule has 0 aromatic heterocycles. The van der Waals surface area contributed by atoms with Crippen molar-refractivity contribution in [3.63, 3.8) is 0 Å². The summed E-state index contributed by atoms with van der Waals surface area (Å²) in [5.41, 5.74) is 2.25. The molecule has 0 bridgehead atoms. The first kappa shape index (κ1) is 23.1. The van der Waals surface area contributed by atoms with E-state index in [2.05, 4.69) is 5.32 Å². The number of methoxy groups -OCH3 is 2. The van der Waals surface area contributed by atoms with Gasteiger partial charge in [-0.05, 0) is 49.4 Å². The molecule has 176 valence electrons. The average Bonchev–Trinajstić information content (AvgIpc) is 2.94. The van der Waals surface area contributed by atoms with Crippen LogP contribution in [-0.4, -0.2) is 37.0 Å². The third-order valence-corrected chi connectivity index (χ3v) is 5.58. The number of nitrogens with one attached hydrogen (secondary N) is 1. The number of anilines is 1. The van der Waals surface area contributed by atoms with Crippen molar-refractivity contribution in [3.8, 4) is 17.2 Å². The highest BCUT2D eigenvalue weighted by Gasteiger charge is 2.29. The number of amides is 2. The zero-order chi connectivity index (χ0) is 24.2. The van der Waals surface area contributed by atoms with Gasteiger partial charge < -0.3 is 24.4 Å². The Labute approximate surface area is 197 Å². The minimum atomic E-state index is -0.689. The van der Waals surface area contributed by atoms with E-state index in [1.165, 1.54) is 24.3 Å². The predicted octanol–water partition coefficient (Wildman–Crippen LogP) is 4.40. The molecule has 1 aliphatic heterocycles. The number of benzene rings is 3. The molecule has 1 aliphatic rings. The van der Waals surface area contributed by atoms with E-state index in [0.717, 1.165) is 11.1 Å². The maximum Gasteiger partial charge on any atom is 0.263 e. The summed E-state index contributed by atoms with van der Waals surface area (Å²) in [4.78, 5) is 27.3. The number of nitrogens with zero attached hydrogens (tertiary/aromatic N) is 1. The molecule has 1 heterocycles. The van der Waals surface area contributed by atoms with Gasteiger partial charge in [0.2, 0.25) is 0 Å². The summed E-state index contributed by atoms with van der Waals surface area (Å²) in [5.74, 6) is 0.605. The Bertz CT molecular complexity index is 1230. The molecule has 1 atom stereocenters. The number of carbonyl (C=O) groups excluding carboxylic acids is 2. The SMILES string of the molecule is COc1cccc(CN2Cc3cc(NC(=O)c4cccc(F)c4)ccc3O[C@H](C)C2=O)c1OC. The van der Waals surface area contributed by atoms with Gasteiger partial charge in [0.1, 0.15) is 11.6 Å². The van der Waals surface area contributed by atoms with E-state index in [0.29, 0.717) is 22.9 Å². The van der Waals surface area contributed by atoms with Crippen molar-refractivity contribution in [2.45, 2.75) is 26.1 Å². The van der Waals surface area contributed by atoms with Gasteiger partial charge in [-0.2, -0.15) is 0 Å². The first-order valence-corrected chi connectivity index (χ1v) is 10.7. The molecule has 0 spiro atoms. The van der Waals surface area contributed by atoms with Gasteiger partial charge in [-0.3, -0.25) is 9.59 Å².